The van der Waals surface area contributed by atoms with E-state index in [-0.39, 0.29) is 17.1 Å². The van der Waals surface area contributed by atoms with E-state index in [1.165, 1.54) is 0 Å². The zero-order valence-electron chi connectivity index (χ0n) is 1.47. The van der Waals surface area contributed by atoms with Crippen LogP contribution in [0, 0.1) is 0 Å². The molecule has 0 fully saturated rings. The standard InChI is InChI=1S/Cu.I2Se/c;1-3-2. The fourth-order valence-electron chi connectivity index (χ4n) is 0. The van der Waals surface area contributed by atoms with E-state index < -0.39 is 0 Å². The molecule has 0 aromatic carbocycles. The van der Waals surface area contributed by atoms with Gasteiger partial charge in [-0.05, 0) is 0 Å². The topological polar surface area (TPSA) is 0 Å². The Morgan fingerprint density at radius 2 is 1.25 bits per heavy atom. The molecular formula is CuI2Se. The maximum atomic E-state index is 2.34. The quantitative estimate of drug-likeness (QED) is 0.429. The van der Waals surface area contributed by atoms with Crippen LogP contribution in [0.1, 0.15) is 0 Å². The zero-order valence-corrected chi connectivity index (χ0v) is 8.44. The molecule has 0 atom stereocenters. The van der Waals surface area contributed by atoms with Crippen molar-refractivity contribution in [2.24, 2.45) is 0 Å². The fourth-order valence-corrected chi connectivity index (χ4v) is 0. The Hall–Kier alpha value is 2.50. The molecule has 0 aliphatic carbocycles. The molecule has 0 saturated carbocycles. The molecular weight excluding hydrogens is 396 g/mol. The SMILES string of the molecule is I[Se]I.[Cu]. The van der Waals surface area contributed by atoms with E-state index >= 15 is 0 Å². The normalized spacial score (nSPS) is 4.50. The Labute approximate surface area is 65.0 Å². The van der Waals surface area contributed by atoms with Crippen LogP contribution in [0.15, 0.2) is 0 Å². The van der Waals surface area contributed by atoms with Crippen LogP contribution in [0.3, 0.4) is 0 Å². The van der Waals surface area contributed by atoms with Crippen LogP contribution >= 0.6 is 40.7 Å². The molecule has 0 amide bonds. The molecule has 0 saturated heterocycles. The third kappa shape index (κ3) is 8.82. The third-order valence-corrected chi connectivity index (χ3v) is 0. The van der Waals surface area contributed by atoms with Gasteiger partial charge in [0.25, 0.3) is 0 Å². The minimum absolute atomic E-state index is 0. The first kappa shape index (κ1) is 9.71. The van der Waals surface area contributed by atoms with Gasteiger partial charge in [-0.3, -0.25) is 0 Å². The summed E-state index contributed by atoms with van der Waals surface area (Å²) in [6, 6.07) is 0. The van der Waals surface area contributed by atoms with E-state index in [2.05, 4.69) is 40.7 Å². The number of rotatable bonds is 0. The maximum absolute atomic E-state index is 2.34. The minimum Gasteiger partial charge on any atom is 0 e. The van der Waals surface area contributed by atoms with E-state index in [1.807, 2.05) is 0 Å². The van der Waals surface area contributed by atoms with E-state index in [9.17, 15) is 0 Å². The van der Waals surface area contributed by atoms with Gasteiger partial charge in [0.05, 0.1) is 0 Å². The predicted octanol–water partition coefficient (Wildman–Crippen LogP) is 1.39. The third-order valence-electron chi connectivity index (χ3n) is 0. The first-order valence-corrected chi connectivity index (χ1v) is 10.8. The monoisotopic (exact) mass is 397 g/mol. The van der Waals surface area contributed by atoms with E-state index in [0.29, 0.717) is 0 Å². The van der Waals surface area contributed by atoms with E-state index in [4.69, 9.17) is 0 Å². The molecule has 0 rings (SSSR count). The van der Waals surface area contributed by atoms with E-state index in [1.54, 1.807) is 0 Å². The molecule has 31 valence electrons. The zero-order chi connectivity index (χ0) is 2.71. The van der Waals surface area contributed by atoms with Crippen molar-refractivity contribution in [2.45, 2.75) is 0 Å². The molecule has 0 nitrogen and oxygen atoms in total. The molecule has 0 aromatic heterocycles. The van der Waals surface area contributed by atoms with Crippen molar-refractivity contribution in [3.05, 3.63) is 0 Å². The summed E-state index contributed by atoms with van der Waals surface area (Å²) in [6.45, 7) is 0. The van der Waals surface area contributed by atoms with Gasteiger partial charge in [0.2, 0.25) is 0 Å². The predicted molar refractivity (Wildman–Crippen MR) is 33.8 cm³/mol. The summed E-state index contributed by atoms with van der Waals surface area (Å²) in [6.07, 6.45) is 0. The summed E-state index contributed by atoms with van der Waals surface area (Å²) >= 11 is 4.68. The Balaban J connectivity index is 0. The Kier molecular flexibility index (Phi) is 22.1. The summed E-state index contributed by atoms with van der Waals surface area (Å²) in [5, 5.41) is 0. The molecule has 0 aliphatic heterocycles. The summed E-state index contributed by atoms with van der Waals surface area (Å²) in [5.74, 6) is 0. The van der Waals surface area contributed by atoms with Gasteiger partial charge in [-0.15, -0.1) is 0 Å². The molecule has 0 aliphatic rings. The molecule has 0 unspecified atom stereocenters. The first-order valence-electron chi connectivity index (χ1n) is 0.309. The fraction of sp³-hybridized carbons (Fsp3) is 0. The second kappa shape index (κ2) is 9.09. The minimum atomic E-state index is 0. The molecule has 1 radical (unpaired) electrons. The van der Waals surface area contributed by atoms with Crippen LogP contribution in [0.4, 0.5) is 0 Å². The number of hydrogen-bond acceptors (Lipinski definition) is 0. The number of halogens is 2. The van der Waals surface area contributed by atoms with Gasteiger partial charge in [0.1, 0.15) is 0 Å². The van der Waals surface area contributed by atoms with Gasteiger partial charge in [-0.1, -0.05) is 0 Å². The van der Waals surface area contributed by atoms with Crippen molar-refractivity contribution in [1.82, 2.24) is 0 Å². The largest absolute Gasteiger partial charge is 0 e. The summed E-state index contributed by atoms with van der Waals surface area (Å²) in [7, 11) is 0.815. The molecule has 0 aromatic rings. The van der Waals surface area contributed by atoms with Crippen LogP contribution in [-0.2, 0) is 17.1 Å². The smallest absolute Gasteiger partial charge is 0 e. The Bertz CT molecular complexity index is 6.00. The summed E-state index contributed by atoms with van der Waals surface area (Å²) in [5.41, 5.74) is 0. The van der Waals surface area contributed by atoms with Gasteiger partial charge in [-0.25, -0.2) is 0 Å². The number of hydrogen-bond donors (Lipinski definition) is 0. The van der Waals surface area contributed by atoms with Gasteiger partial charge >= 0.3 is 49.1 Å². The van der Waals surface area contributed by atoms with Gasteiger partial charge in [0, 0.05) is 17.1 Å². The molecule has 0 bridgehead atoms. The van der Waals surface area contributed by atoms with Crippen molar-refractivity contribution in [1.29, 1.82) is 0 Å². The summed E-state index contributed by atoms with van der Waals surface area (Å²) in [4.78, 5) is 0. The second-order valence-corrected chi connectivity index (χ2v) is 13.6. The van der Waals surface area contributed by atoms with Crippen molar-refractivity contribution in [3.8, 4) is 0 Å². The van der Waals surface area contributed by atoms with Crippen molar-refractivity contribution in [2.75, 3.05) is 0 Å². The average molecular weight is 396 g/mol. The van der Waals surface area contributed by atoms with Crippen LogP contribution in [0.2, 0.25) is 0 Å². The molecule has 4 heavy (non-hydrogen) atoms. The van der Waals surface area contributed by atoms with Gasteiger partial charge < -0.3 is 0 Å². The Morgan fingerprint density at radius 1 is 1.25 bits per heavy atom. The van der Waals surface area contributed by atoms with Crippen LogP contribution < -0.4 is 0 Å². The molecule has 4 heteroatoms. The molecule has 0 spiro atoms. The van der Waals surface area contributed by atoms with Crippen LogP contribution in [-0.4, -0.2) is 8.46 Å². The Morgan fingerprint density at radius 3 is 1.25 bits per heavy atom. The van der Waals surface area contributed by atoms with Gasteiger partial charge in [0.15, 0.2) is 0 Å². The van der Waals surface area contributed by atoms with Gasteiger partial charge in [-0.2, -0.15) is 0 Å². The maximum Gasteiger partial charge on any atom is 0 e. The second-order valence-electron chi connectivity index (χ2n) is 0.0583. The first-order chi connectivity index (χ1) is 1.41. The molecule has 0 N–H and O–H groups in total. The van der Waals surface area contributed by atoms with Crippen LogP contribution in [0.5, 0.6) is 0 Å². The average Bonchev–Trinajstić information content (AvgIpc) is 0.918. The van der Waals surface area contributed by atoms with E-state index in [0.717, 1.165) is 8.46 Å². The van der Waals surface area contributed by atoms with Crippen molar-refractivity contribution >= 4 is 49.1 Å². The summed E-state index contributed by atoms with van der Waals surface area (Å²) < 4.78 is 0. The van der Waals surface area contributed by atoms with Crippen LogP contribution in [0.25, 0.3) is 0 Å². The van der Waals surface area contributed by atoms with Crippen molar-refractivity contribution < 1.29 is 17.1 Å². The molecule has 0 heterocycles. The van der Waals surface area contributed by atoms with Crippen molar-refractivity contribution in [3.63, 3.8) is 0 Å².